The summed E-state index contributed by atoms with van der Waals surface area (Å²) in [6.07, 6.45) is 0. The zero-order valence-corrected chi connectivity index (χ0v) is 14.1. The molecule has 2 aromatic rings. The molecule has 24 heavy (non-hydrogen) atoms. The van der Waals surface area contributed by atoms with Gasteiger partial charge in [-0.05, 0) is 35.2 Å². The Morgan fingerprint density at radius 2 is 1.75 bits per heavy atom. The van der Waals surface area contributed by atoms with E-state index in [1.807, 2.05) is 24.3 Å². The van der Waals surface area contributed by atoms with Gasteiger partial charge in [-0.15, -0.1) is 0 Å². The number of ether oxygens (including phenoxy) is 1. The van der Waals surface area contributed by atoms with Gasteiger partial charge in [0.1, 0.15) is 0 Å². The lowest BCUT2D eigenvalue weighted by molar-refractivity contribution is -0.385. The Morgan fingerprint density at radius 1 is 1.12 bits per heavy atom. The third-order valence-electron chi connectivity index (χ3n) is 3.65. The highest BCUT2D eigenvalue weighted by molar-refractivity contribution is 6.04. The Kier molecular flexibility index (Phi) is 4.87. The van der Waals surface area contributed by atoms with E-state index in [1.165, 1.54) is 25.3 Å². The van der Waals surface area contributed by atoms with Crippen molar-refractivity contribution < 1.29 is 14.5 Å². The normalized spacial score (nSPS) is 11.0. The number of methoxy groups -OCH3 is 1. The van der Waals surface area contributed by atoms with E-state index in [1.54, 1.807) is 0 Å². The number of nitro benzene ring substituents is 1. The highest BCUT2D eigenvalue weighted by Gasteiger charge is 2.18. The first-order valence-corrected chi connectivity index (χ1v) is 7.46. The van der Waals surface area contributed by atoms with Crippen LogP contribution in [0.15, 0.2) is 42.5 Å². The summed E-state index contributed by atoms with van der Waals surface area (Å²) in [7, 11) is 1.35. The van der Waals surface area contributed by atoms with Gasteiger partial charge in [-0.3, -0.25) is 14.9 Å². The summed E-state index contributed by atoms with van der Waals surface area (Å²) in [6.45, 7) is 6.32. The molecule has 0 saturated heterocycles. The Morgan fingerprint density at radius 3 is 2.25 bits per heavy atom. The zero-order chi connectivity index (χ0) is 17.9. The van der Waals surface area contributed by atoms with Gasteiger partial charge in [0.25, 0.3) is 5.91 Å². The Labute approximate surface area is 140 Å². The lowest BCUT2D eigenvalue weighted by Crippen LogP contribution is -2.14. The van der Waals surface area contributed by atoms with Crippen LogP contribution in [0.25, 0.3) is 0 Å². The SMILES string of the molecule is COc1ccc(C(=O)Nc2ccc(C(C)(C)C)cc2)cc1[N+](=O)[O-]. The summed E-state index contributed by atoms with van der Waals surface area (Å²) >= 11 is 0. The van der Waals surface area contributed by atoms with Crippen molar-refractivity contribution in [1.82, 2.24) is 0 Å². The molecule has 0 heterocycles. The molecular weight excluding hydrogens is 308 g/mol. The molecule has 2 rings (SSSR count). The van der Waals surface area contributed by atoms with Crippen LogP contribution in [0.3, 0.4) is 0 Å². The molecule has 0 bridgehead atoms. The molecule has 1 N–H and O–H groups in total. The number of hydrogen-bond donors (Lipinski definition) is 1. The average molecular weight is 328 g/mol. The second-order valence-corrected chi connectivity index (χ2v) is 6.43. The van der Waals surface area contributed by atoms with Crippen LogP contribution in [0.1, 0.15) is 36.7 Å². The van der Waals surface area contributed by atoms with E-state index in [9.17, 15) is 14.9 Å². The van der Waals surface area contributed by atoms with E-state index in [0.29, 0.717) is 5.69 Å². The molecule has 0 aliphatic heterocycles. The third-order valence-corrected chi connectivity index (χ3v) is 3.65. The monoisotopic (exact) mass is 328 g/mol. The van der Waals surface area contributed by atoms with Crippen LogP contribution < -0.4 is 10.1 Å². The number of hydrogen-bond acceptors (Lipinski definition) is 4. The summed E-state index contributed by atoms with van der Waals surface area (Å²) in [5.41, 5.74) is 1.77. The fraction of sp³-hybridized carbons (Fsp3) is 0.278. The van der Waals surface area contributed by atoms with Crippen molar-refractivity contribution in [3.8, 4) is 5.75 Å². The van der Waals surface area contributed by atoms with Crippen LogP contribution in [0, 0.1) is 10.1 Å². The third kappa shape index (κ3) is 3.90. The van der Waals surface area contributed by atoms with E-state index in [2.05, 4.69) is 26.1 Å². The first kappa shape index (κ1) is 17.5. The molecule has 6 heteroatoms. The number of anilines is 1. The van der Waals surface area contributed by atoms with Gasteiger partial charge in [0.05, 0.1) is 12.0 Å². The maximum Gasteiger partial charge on any atom is 0.311 e. The van der Waals surface area contributed by atoms with E-state index in [-0.39, 0.29) is 22.4 Å². The molecule has 0 spiro atoms. The molecule has 0 aliphatic carbocycles. The molecule has 0 unspecified atom stereocenters. The minimum Gasteiger partial charge on any atom is -0.490 e. The van der Waals surface area contributed by atoms with Crippen molar-refractivity contribution in [2.24, 2.45) is 0 Å². The number of nitrogens with zero attached hydrogens (tertiary/aromatic N) is 1. The van der Waals surface area contributed by atoms with E-state index in [0.717, 1.165) is 5.56 Å². The molecule has 0 saturated carbocycles. The number of benzene rings is 2. The number of carbonyl (C=O) groups excluding carboxylic acids is 1. The van der Waals surface area contributed by atoms with Crippen LogP contribution in [-0.2, 0) is 5.41 Å². The lowest BCUT2D eigenvalue weighted by Gasteiger charge is -2.19. The fourth-order valence-corrected chi connectivity index (χ4v) is 2.23. The highest BCUT2D eigenvalue weighted by Crippen LogP contribution is 2.28. The smallest absolute Gasteiger partial charge is 0.311 e. The first-order valence-electron chi connectivity index (χ1n) is 7.46. The van der Waals surface area contributed by atoms with Crippen molar-refractivity contribution in [2.45, 2.75) is 26.2 Å². The second kappa shape index (κ2) is 6.70. The summed E-state index contributed by atoms with van der Waals surface area (Å²) in [6, 6.07) is 11.6. The summed E-state index contributed by atoms with van der Waals surface area (Å²) in [4.78, 5) is 22.8. The molecule has 0 aromatic heterocycles. The Bertz CT molecular complexity index is 762. The summed E-state index contributed by atoms with van der Waals surface area (Å²) in [5.74, 6) is -0.296. The molecule has 0 atom stereocenters. The highest BCUT2D eigenvalue weighted by atomic mass is 16.6. The quantitative estimate of drug-likeness (QED) is 0.675. The second-order valence-electron chi connectivity index (χ2n) is 6.43. The molecule has 0 fully saturated rings. The fourth-order valence-electron chi connectivity index (χ4n) is 2.23. The van der Waals surface area contributed by atoms with Gasteiger partial charge >= 0.3 is 5.69 Å². The molecule has 0 radical (unpaired) electrons. The Hall–Kier alpha value is -2.89. The van der Waals surface area contributed by atoms with Gasteiger partial charge in [-0.25, -0.2) is 0 Å². The van der Waals surface area contributed by atoms with Crippen LogP contribution in [0.4, 0.5) is 11.4 Å². The number of rotatable bonds is 4. The van der Waals surface area contributed by atoms with Crippen molar-refractivity contribution in [3.05, 3.63) is 63.7 Å². The zero-order valence-electron chi connectivity index (χ0n) is 14.1. The number of nitrogens with one attached hydrogen (secondary N) is 1. The maximum atomic E-state index is 12.3. The van der Waals surface area contributed by atoms with Gasteiger partial charge in [0.15, 0.2) is 5.75 Å². The van der Waals surface area contributed by atoms with Crippen molar-refractivity contribution in [2.75, 3.05) is 12.4 Å². The van der Waals surface area contributed by atoms with Gasteiger partial charge < -0.3 is 10.1 Å². The van der Waals surface area contributed by atoms with Crippen LogP contribution >= 0.6 is 0 Å². The van der Waals surface area contributed by atoms with Gasteiger partial charge in [-0.2, -0.15) is 0 Å². The Balaban J connectivity index is 2.21. The largest absolute Gasteiger partial charge is 0.490 e. The first-order chi connectivity index (χ1) is 11.2. The van der Waals surface area contributed by atoms with Crippen molar-refractivity contribution >= 4 is 17.3 Å². The number of carbonyl (C=O) groups is 1. The standard InChI is InChI=1S/C18H20N2O4/c1-18(2,3)13-6-8-14(9-7-13)19-17(21)12-5-10-16(24-4)15(11-12)20(22)23/h5-11H,1-4H3,(H,19,21). The van der Waals surface area contributed by atoms with Gasteiger partial charge in [0.2, 0.25) is 0 Å². The predicted octanol–water partition coefficient (Wildman–Crippen LogP) is 4.15. The minimum atomic E-state index is -0.576. The van der Waals surface area contributed by atoms with Gasteiger partial charge in [0, 0.05) is 17.3 Å². The van der Waals surface area contributed by atoms with Crippen molar-refractivity contribution in [1.29, 1.82) is 0 Å². The number of amides is 1. The molecular formula is C18H20N2O4. The topological polar surface area (TPSA) is 81.5 Å². The van der Waals surface area contributed by atoms with Crippen LogP contribution in [0.5, 0.6) is 5.75 Å². The van der Waals surface area contributed by atoms with E-state index < -0.39 is 10.8 Å². The predicted molar refractivity (Wildman–Crippen MR) is 92.7 cm³/mol. The lowest BCUT2D eigenvalue weighted by atomic mass is 9.87. The molecule has 0 aliphatic rings. The molecule has 2 aromatic carbocycles. The maximum absolute atomic E-state index is 12.3. The van der Waals surface area contributed by atoms with E-state index >= 15 is 0 Å². The summed E-state index contributed by atoms with van der Waals surface area (Å²) in [5, 5.41) is 13.8. The molecule has 1 amide bonds. The minimum absolute atomic E-state index is 0.0269. The van der Waals surface area contributed by atoms with Crippen LogP contribution in [-0.4, -0.2) is 17.9 Å². The summed E-state index contributed by atoms with van der Waals surface area (Å²) < 4.78 is 4.93. The molecule has 6 nitrogen and oxygen atoms in total. The van der Waals surface area contributed by atoms with Gasteiger partial charge in [-0.1, -0.05) is 32.9 Å². The van der Waals surface area contributed by atoms with Crippen LogP contribution in [0.2, 0.25) is 0 Å². The number of nitro groups is 1. The average Bonchev–Trinajstić information content (AvgIpc) is 2.53. The molecule has 126 valence electrons. The van der Waals surface area contributed by atoms with E-state index in [4.69, 9.17) is 4.74 Å². The van der Waals surface area contributed by atoms with Crippen molar-refractivity contribution in [3.63, 3.8) is 0 Å².